The number of nitrogens with one attached hydrogen (secondary N) is 1. The molecule has 0 saturated heterocycles. The van der Waals surface area contributed by atoms with Gasteiger partial charge in [0.15, 0.2) is 5.78 Å². The lowest BCUT2D eigenvalue weighted by molar-refractivity contribution is -0.113. The molecule has 1 aromatic heterocycles. The van der Waals surface area contributed by atoms with Crippen molar-refractivity contribution in [2.24, 2.45) is 0 Å². The molecule has 1 aliphatic carbocycles. The number of hydrogen-bond acceptors (Lipinski definition) is 6. The molecule has 1 fully saturated rings. The minimum atomic E-state index is -0.237. The third-order valence-corrected chi connectivity index (χ3v) is 4.98. The predicted octanol–water partition coefficient (Wildman–Crippen LogP) is 3.91. The van der Waals surface area contributed by atoms with Crippen LogP contribution in [0.15, 0.2) is 64.2 Å². The molecule has 0 aliphatic heterocycles. The van der Waals surface area contributed by atoms with Crippen LogP contribution in [0.25, 0.3) is 0 Å². The highest BCUT2D eigenvalue weighted by molar-refractivity contribution is 7.99. The number of aromatic nitrogens is 2. The average molecular weight is 379 g/mol. The Morgan fingerprint density at radius 3 is 2.56 bits per heavy atom. The third-order valence-electron chi connectivity index (χ3n) is 4.16. The van der Waals surface area contributed by atoms with Crippen LogP contribution in [-0.4, -0.2) is 27.6 Å². The monoisotopic (exact) mass is 379 g/mol. The maximum Gasteiger partial charge on any atom is 0.277 e. The van der Waals surface area contributed by atoms with E-state index in [1.807, 2.05) is 18.2 Å². The topological polar surface area (TPSA) is 85.1 Å². The fourth-order valence-electron chi connectivity index (χ4n) is 2.62. The van der Waals surface area contributed by atoms with E-state index in [4.69, 9.17) is 4.42 Å². The van der Waals surface area contributed by atoms with Gasteiger partial charge >= 0.3 is 0 Å². The van der Waals surface area contributed by atoms with Gasteiger partial charge in [0.1, 0.15) is 0 Å². The van der Waals surface area contributed by atoms with E-state index in [0.717, 1.165) is 12.8 Å². The summed E-state index contributed by atoms with van der Waals surface area (Å²) in [6.45, 7) is 0. The van der Waals surface area contributed by atoms with Crippen LogP contribution >= 0.6 is 11.8 Å². The fourth-order valence-corrected chi connectivity index (χ4v) is 3.19. The van der Waals surface area contributed by atoms with E-state index < -0.39 is 0 Å². The zero-order valence-corrected chi connectivity index (χ0v) is 15.2. The van der Waals surface area contributed by atoms with Crippen molar-refractivity contribution in [3.8, 4) is 0 Å². The summed E-state index contributed by atoms with van der Waals surface area (Å²) in [5.74, 6) is 0.790. The second-order valence-electron chi connectivity index (χ2n) is 6.26. The van der Waals surface area contributed by atoms with E-state index in [9.17, 15) is 9.59 Å². The standard InChI is InChI=1S/C20H17N3O3S/c24-17(12-27-20-23-22-19(26-20)14-10-11-14)21-16-9-5-4-8-15(16)18(25)13-6-2-1-3-7-13/h1-9,14H,10-12H2,(H,21,24). The molecule has 2 aromatic carbocycles. The van der Waals surface area contributed by atoms with Crippen molar-refractivity contribution in [2.75, 3.05) is 11.1 Å². The molecule has 0 spiro atoms. The van der Waals surface area contributed by atoms with Gasteiger partial charge in [0.2, 0.25) is 11.8 Å². The summed E-state index contributed by atoms with van der Waals surface area (Å²) in [4.78, 5) is 25.0. The minimum Gasteiger partial charge on any atom is -0.416 e. The SMILES string of the molecule is O=C(CSc1nnc(C2CC2)o1)Nc1ccccc1C(=O)c1ccccc1. The van der Waals surface area contributed by atoms with Crippen molar-refractivity contribution in [2.45, 2.75) is 24.0 Å². The van der Waals surface area contributed by atoms with E-state index in [1.54, 1.807) is 36.4 Å². The Morgan fingerprint density at radius 1 is 1.04 bits per heavy atom. The Kier molecular flexibility index (Phi) is 5.02. The Hall–Kier alpha value is -2.93. The van der Waals surface area contributed by atoms with Gasteiger partial charge in [-0.1, -0.05) is 54.2 Å². The molecule has 1 saturated carbocycles. The molecule has 6 nitrogen and oxygen atoms in total. The van der Waals surface area contributed by atoms with Crippen LogP contribution in [-0.2, 0) is 4.79 Å². The Morgan fingerprint density at radius 2 is 1.78 bits per heavy atom. The maximum atomic E-state index is 12.7. The molecule has 3 aromatic rings. The van der Waals surface area contributed by atoms with E-state index in [2.05, 4.69) is 15.5 Å². The van der Waals surface area contributed by atoms with Gasteiger partial charge in [0, 0.05) is 17.0 Å². The van der Waals surface area contributed by atoms with Crippen molar-refractivity contribution < 1.29 is 14.0 Å². The van der Waals surface area contributed by atoms with Crippen LogP contribution in [0.1, 0.15) is 40.6 Å². The number of para-hydroxylation sites is 1. The number of anilines is 1. The summed E-state index contributed by atoms with van der Waals surface area (Å²) in [6, 6.07) is 16.0. The molecule has 27 heavy (non-hydrogen) atoms. The average Bonchev–Trinajstić information content (AvgIpc) is 3.45. The third kappa shape index (κ3) is 4.25. The van der Waals surface area contributed by atoms with Gasteiger partial charge in [-0.15, -0.1) is 10.2 Å². The number of hydrogen-bond donors (Lipinski definition) is 1. The largest absolute Gasteiger partial charge is 0.416 e. The van der Waals surface area contributed by atoms with Gasteiger partial charge in [-0.05, 0) is 25.0 Å². The van der Waals surface area contributed by atoms with Crippen LogP contribution in [0.3, 0.4) is 0 Å². The van der Waals surface area contributed by atoms with Crippen LogP contribution in [0, 0.1) is 0 Å². The second kappa shape index (κ2) is 7.75. The van der Waals surface area contributed by atoms with Gasteiger partial charge in [0.25, 0.3) is 5.22 Å². The number of carbonyl (C=O) groups is 2. The predicted molar refractivity (Wildman–Crippen MR) is 102 cm³/mol. The van der Waals surface area contributed by atoms with E-state index >= 15 is 0 Å². The Labute approximate surface area is 160 Å². The van der Waals surface area contributed by atoms with Gasteiger partial charge in [-0.2, -0.15) is 0 Å². The molecule has 1 aliphatic rings. The summed E-state index contributed by atoms with van der Waals surface area (Å²) in [6.07, 6.45) is 2.16. The zero-order chi connectivity index (χ0) is 18.6. The highest BCUT2D eigenvalue weighted by Crippen LogP contribution is 2.39. The second-order valence-corrected chi connectivity index (χ2v) is 7.18. The molecule has 1 heterocycles. The maximum absolute atomic E-state index is 12.7. The molecule has 4 rings (SSSR count). The summed E-state index contributed by atoms with van der Waals surface area (Å²) in [5, 5.41) is 11.1. The molecule has 0 unspecified atom stereocenters. The Bertz CT molecular complexity index is 967. The van der Waals surface area contributed by atoms with Crippen LogP contribution < -0.4 is 5.32 Å². The highest BCUT2D eigenvalue weighted by Gasteiger charge is 2.29. The van der Waals surface area contributed by atoms with Gasteiger partial charge in [-0.3, -0.25) is 9.59 Å². The lowest BCUT2D eigenvalue weighted by Crippen LogP contribution is -2.17. The molecule has 0 atom stereocenters. The molecule has 136 valence electrons. The molecular weight excluding hydrogens is 362 g/mol. The smallest absolute Gasteiger partial charge is 0.277 e. The lowest BCUT2D eigenvalue weighted by Gasteiger charge is -2.10. The van der Waals surface area contributed by atoms with Crippen LogP contribution in [0.4, 0.5) is 5.69 Å². The fraction of sp³-hybridized carbons (Fsp3) is 0.200. The molecule has 0 radical (unpaired) electrons. The van der Waals surface area contributed by atoms with Crippen LogP contribution in [0.5, 0.6) is 0 Å². The van der Waals surface area contributed by atoms with Gasteiger partial charge in [-0.25, -0.2) is 0 Å². The van der Waals surface area contributed by atoms with Gasteiger partial charge < -0.3 is 9.73 Å². The number of benzene rings is 2. The quantitative estimate of drug-likeness (QED) is 0.495. The number of amides is 1. The van der Waals surface area contributed by atoms with Gasteiger partial charge in [0.05, 0.1) is 11.4 Å². The summed E-state index contributed by atoms with van der Waals surface area (Å²) in [7, 11) is 0. The van der Waals surface area contributed by atoms with Crippen LogP contribution in [0.2, 0.25) is 0 Å². The first kappa shape index (κ1) is 17.5. The summed E-state index contributed by atoms with van der Waals surface area (Å²) < 4.78 is 5.53. The van der Waals surface area contributed by atoms with E-state index in [1.165, 1.54) is 11.8 Å². The molecule has 1 N–H and O–H groups in total. The first-order valence-corrected chi connectivity index (χ1v) is 9.64. The molecular formula is C20H17N3O3S. The normalized spacial score (nSPS) is 13.3. The first-order valence-electron chi connectivity index (χ1n) is 8.65. The van der Waals surface area contributed by atoms with Crippen molar-refractivity contribution in [1.29, 1.82) is 0 Å². The molecule has 1 amide bonds. The van der Waals surface area contributed by atoms with Crippen molar-refractivity contribution in [3.05, 3.63) is 71.6 Å². The molecule has 7 heteroatoms. The highest BCUT2D eigenvalue weighted by atomic mass is 32.2. The number of nitrogens with zero attached hydrogens (tertiary/aromatic N) is 2. The number of rotatable bonds is 7. The Balaban J connectivity index is 1.41. The first-order chi connectivity index (χ1) is 13.2. The zero-order valence-electron chi connectivity index (χ0n) is 14.4. The summed E-state index contributed by atoms with van der Waals surface area (Å²) >= 11 is 1.19. The molecule has 0 bridgehead atoms. The number of carbonyl (C=O) groups excluding carboxylic acids is 2. The van der Waals surface area contributed by atoms with Crippen molar-refractivity contribution >= 4 is 29.1 Å². The summed E-state index contributed by atoms with van der Waals surface area (Å²) in [5.41, 5.74) is 1.52. The van der Waals surface area contributed by atoms with Crippen molar-refractivity contribution in [3.63, 3.8) is 0 Å². The minimum absolute atomic E-state index is 0.125. The lowest BCUT2D eigenvalue weighted by atomic mass is 10.0. The number of ketones is 1. The van der Waals surface area contributed by atoms with E-state index in [-0.39, 0.29) is 17.4 Å². The van der Waals surface area contributed by atoms with Crippen molar-refractivity contribution in [1.82, 2.24) is 10.2 Å². The van der Waals surface area contributed by atoms with E-state index in [0.29, 0.717) is 33.8 Å². The number of thioether (sulfide) groups is 1.